The van der Waals surface area contributed by atoms with Crippen LogP contribution in [0.5, 0.6) is 0 Å². The second-order valence-electron chi connectivity index (χ2n) is 4.19. The van der Waals surface area contributed by atoms with E-state index in [0.29, 0.717) is 5.92 Å². The third-order valence-electron chi connectivity index (χ3n) is 2.37. The Morgan fingerprint density at radius 2 is 1.94 bits per heavy atom. The van der Waals surface area contributed by atoms with Crippen molar-refractivity contribution >= 4 is 50.0 Å². The van der Waals surface area contributed by atoms with E-state index in [1.54, 1.807) is 0 Å². The fourth-order valence-corrected chi connectivity index (χ4v) is 2.38. The Labute approximate surface area is 129 Å². The largest absolute Gasteiger partial charge is 0.339 e. The second kappa shape index (κ2) is 5.97. The maximum Gasteiger partial charge on any atom is 0.135 e. The number of nitrogens with one attached hydrogen (secondary N) is 1. The van der Waals surface area contributed by atoms with Gasteiger partial charge in [-0.2, -0.15) is 0 Å². The highest BCUT2D eigenvalue weighted by Crippen LogP contribution is 2.23. The van der Waals surface area contributed by atoms with E-state index >= 15 is 0 Å². The lowest BCUT2D eigenvalue weighted by atomic mass is 10.2. The molecule has 2 aromatic rings. The van der Waals surface area contributed by atoms with Crippen molar-refractivity contribution in [2.75, 3.05) is 5.32 Å². The van der Waals surface area contributed by atoms with Gasteiger partial charge in [0.05, 0.1) is 5.69 Å². The van der Waals surface area contributed by atoms with E-state index in [-0.39, 0.29) is 0 Å². The van der Waals surface area contributed by atoms with Crippen LogP contribution in [0.4, 0.5) is 11.5 Å². The molecule has 0 bridgehead atoms. The maximum atomic E-state index is 4.51. The normalized spacial score (nSPS) is 10.7. The average Bonchev–Trinajstić information content (AvgIpc) is 2.31. The van der Waals surface area contributed by atoms with Crippen molar-refractivity contribution in [2.24, 2.45) is 0 Å². The molecule has 1 heterocycles. The van der Waals surface area contributed by atoms with Crippen molar-refractivity contribution in [2.45, 2.75) is 19.8 Å². The van der Waals surface area contributed by atoms with Gasteiger partial charge in [-0.05, 0) is 50.7 Å². The molecule has 0 amide bonds. The molecule has 0 fully saturated rings. The van der Waals surface area contributed by atoms with Crippen LogP contribution < -0.4 is 5.32 Å². The summed E-state index contributed by atoms with van der Waals surface area (Å²) in [5, 5.41) is 3.32. The first-order valence-corrected chi connectivity index (χ1v) is 7.49. The molecular weight excluding hydrogens is 405 g/mol. The molecule has 0 spiro atoms. The van der Waals surface area contributed by atoms with E-state index in [1.807, 2.05) is 24.3 Å². The second-order valence-corrected chi connectivity index (χ2v) is 6.17. The van der Waals surface area contributed by atoms with E-state index < -0.39 is 0 Å². The SMILES string of the molecule is CC(C)c1nc(Br)cc(Nc2ccccc2I)n1. The van der Waals surface area contributed by atoms with Crippen molar-refractivity contribution in [1.29, 1.82) is 0 Å². The van der Waals surface area contributed by atoms with Crippen molar-refractivity contribution in [3.05, 3.63) is 44.3 Å². The molecular formula is C13H13BrIN3. The zero-order valence-electron chi connectivity index (χ0n) is 10.1. The molecule has 0 saturated carbocycles. The van der Waals surface area contributed by atoms with Crippen molar-refractivity contribution in [1.82, 2.24) is 9.97 Å². The van der Waals surface area contributed by atoms with Gasteiger partial charge in [-0.3, -0.25) is 0 Å². The Balaban J connectivity index is 2.32. The highest BCUT2D eigenvalue weighted by Gasteiger charge is 2.07. The van der Waals surface area contributed by atoms with E-state index in [2.05, 4.69) is 73.7 Å². The third-order valence-corrected chi connectivity index (χ3v) is 3.71. The monoisotopic (exact) mass is 417 g/mol. The first-order valence-electron chi connectivity index (χ1n) is 5.62. The molecule has 0 radical (unpaired) electrons. The smallest absolute Gasteiger partial charge is 0.135 e. The molecule has 5 heteroatoms. The van der Waals surface area contributed by atoms with Gasteiger partial charge in [0.15, 0.2) is 0 Å². The Hall–Kier alpha value is -0.690. The molecule has 0 aliphatic heterocycles. The number of benzene rings is 1. The van der Waals surface area contributed by atoms with Crippen LogP contribution >= 0.6 is 38.5 Å². The minimum atomic E-state index is 0.304. The van der Waals surface area contributed by atoms with Gasteiger partial charge in [-0.1, -0.05) is 26.0 Å². The zero-order valence-corrected chi connectivity index (χ0v) is 13.9. The first-order chi connectivity index (χ1) is 8.56. The molecule has 0 saturated heterocycles. The molecule has 94 valence electrons. The van der Waals surface area contributed by atoms with Crippen molar-refractivity contribution in [3.8, 4) is 0 Å². The number of halogens is 2. The molecule has 0 aliphatic rings. The Morgan fingerprint density at radius 1 is 1.22 bits per heavy atom. The van der Waals surface area contributed by atoms with Gasteiger partial charge < -0.3 is 5.32 Å². The van der Waals surface area contributed by atoms with Gasteiger partial charge in [0, 0.05) is 15.6 Å². The van der Waals surface area contributed by atoms with E-state index in [1.165, 1.54) is 0 Å². The molecule has 2 rings (SSSR count). The fraction of sp³-hybridized carbons (Fsp3) is 0.231. The van der Waals surface area contributed by atoms with Gasteiger partial charge >= 0.3 is 0 Å². The lowest BCUT2D eigenvalue weighted by Gasteiger charge is -2.10. The van der Waals surface area contributed by atoms with Crippen LogP contribution in [-0.2, 0) is 0 Å². The number of hydrogen-bond donors (Lipinski definition) is 1. The summed E-state index contributed by atoms with van der Waals surface area (Å²) < 4.78 is 1.96. The number of para-hydroxylation sites is 1. The first kappa shape index (κ1) is 13.7. The molecule has 0 unspecified atom stereocenters. The molecule has 1 aromatic carbocycles. The quantitative estimate of drug-likeness (QED) is 0.580. The van der Waals surface area contributed by atoms with Crippen molar-refractivity contribution in [3.63, 3.8) is 0 Å². The van der Waals surface area contributed by atoms with Gasteiger partial charge in [0.1, 0.15) is 16.2 Å². The standard InChI is InChI=1S/C13H13BrIN3/c1-8(2)13-17-11(14)7-12(18-13)16-10-6-4-3-5-9(10)15/h3-8H,1-2H3,(H,16,17,18). The summed E-state index contributed by atoms with van der Waals surface area (Å²) in [6.07, 6.45) is 0. The van der Waals surface area contributed by atoms with Gasteiger partial charge in [0.2, 0.25) is 0 Å². The van der Waals surface area contributed by atoms with Crippen LogP contribution in [0.15, 0.2) is 34.9 Å². The lowest BCUT2D eigenvalue weighted by molar-refractivity contribution is 0.771. The van der Waals surface area contributed by atoms with Gasteiger partial charge in [0.25, 0.3) is 0 Å². The van der Waals surface area contributed by atoms with Crippen molar-refractivity contribution < 1.29 is 0 Å². The number of anilines is 2. The zero-order chi connectivity index (χ0) is 13.1. The minimum Gasteiger partial charge on any atom is -0.339 e. The summed E-state index contributed by atoms with van der Waals surface area (Å²) >= 11 is 5.72. The predicted octanol–water partition coefficient (Wildman–Crippen LogP) is 4.71. The number of nitrogens with zero attached hydrogens (tertiary/aromatic N) is 2. The van der Waals surface area contributed by atoms with Gasteiger partial charge in [-0.25, -0.2) is 9.97 Å². The van der Waals surface area contributed by atoms with Crippen LogP contribution in [0.3, 0.4) is 0 Å². The van der Waals surface area contributed by atoms with Crippen LogP contribution in [0.1, 0.15) is 25.6 Å². The minimum absolute atomic E-state index is 0.304. The highest BCUT2D eigenvalue weighted by molar-refractivity contribution is 14.1. The third kappa shape index (κ3) is 3.41. The molecule has 1 aromatic heterocycles. The average molecular weight is 418 g/mol. The fourth-order valence-electron chi connectivity index (χ4n) is 1.46. The Kier molecular flexibility index (Phi) is 4.55. The van der Waals surface area contributed by atoms with Crippen LogP contribution in [0, 0.1) is 3.57 Å². The lowest BCUT2D eigenvalue weighted by Crippen LogP contribution is -2.02. The molecule has 1 N–H and O–H groups in total. The van der Waals surface area contributed by atoms with E-state index in [4.69, 9.17) is 0 Å². The van der Waals surface area contributed by atoms with Crippen LogP contribution in [0.2, 0.25) is 0 Å². The number of hydrogen-bond acceptors (Lipinski definition) is 3. The molecule has 18 heavy (non-hydrogen) atoms. The van der Waals surface area contributed by atoms with E-state index in [9.17, 15) is 0 Å². The summed E-state index contributed by atoms with van der Waals surface area (Å²) in [5.41, 5.74) is 1.05. The summed E-state index contributed by atoms with van der Waals surface area (Å²) in [4.78, 5) is 8.88. The Bertz CT molecular complexity index is 558. The van der Waals surface area contributed by atoms with Crippen LogP contribution in [0.25, 0.3) is 0 Å². The topological polar surface area (TPSA) is 37.8 Å². The summed E-state index contributed by atoms with van der Waals surface area (Å²) in [6.45, 7) is 4.16. The highest BCUT2D eigenvalue weighted by atomic mass is 127. The van der Waals surface area contributed by atoms with Crippen LogP contribution in [-0.4, -0.2) is 9.97 Å². The maximum absolute atomic E-state index is 4.51. The predicted molar refractivity (Wildman–Crippen MR) is 86.3 cm³/mol. The molecule has 0 atom stereocenters. The Morgan fingerprint density at radius 3 is 2.61 bits per heavy atom. The van der Waals surface area contributed by atoms with E-state index in [0.717, 1.165) is 25.5 Å². The summed E-state index contributed by atoms with van der Waals surface area (Å²) in [5.74, 6) is 1.94. The number of aromatic nitrogens is 2. The summed E-state index contributed by atoms with van der Waals surface area (Å²) in [6, 6.07) is 10.00. The van der Waals surface area contributed by atoms with Gasteiger partial charge in [-0.15, -0.1) is 0 Å². The molecule has 3 nitrogen and oxygen atoms in total. The number of rotatable bonds is 3. The molecule has 0 aliphatic carbocycles. The summed E-state index contributed by atoms with van der Waals surface area (Å²) in [7, 11) is 0.